The Morgan fingerprint density at radius 2 is 2.38 bits per heavy atom. The third-order valence-electron chi connectivity index (χ3n) is 1.57. The fourth-order valence-corrected chi connectivity index (χ4v) is 2.61. The van der Waals surface area contributed by atoms with E-state index in [2.05, 4.69) is 27.8 Å². The minimum atomic E-state index is 0.719. The van der Waals surface area contributed by atoms with Crippen molar-refractivity contribution in [1.82, 2.24) is 4.98 Å². The number of hydrogen-bond donors (Lipinski definition) is 0. The quantitative estimate of drug-likeness (QED) is 0.472. The van der Waals surface area contributed by atoms with E-state index in [1.54, 1.807) is 11.8 Å². The van der Waals surface area contributed by atoms with Crippen LogP contribution >= 0.6 is 39.3 Å². The van der Waals surface area contributed by atoms with E-state index < -0.39 is 0 Å². The van der Waals surface area contributed by atoms with Crippen LogP contribution < -0.4 is 0 Å². The van der Waals surface area contributed by atoms with Crippen molar-refractivity contribution in [3.63, 3.8) is 0 Å². The third-order valence-corrected chi connectivity index (χ3v) is 4.17. The SMILES string of the molecule is Cc1ccnc(SCCCCl)c1Br. The maximum atomic E-state index is 5.59. The molecule has 0 fully saturated rings. The van der Waals surface area contributed by atoms with Crippen LogP contribution in [-0.4, -0.2) is 16.6 Å². The van der Waals surface area contributed by atoms with Gasteiger partial charge in [-0.1, -0.05) is 0 Å². The van der Waals surface area contributed by atoms with Crippen LogP contribution in [0.2, 0.25) is 0 Å². The summed E-state index contributed by atoms with van der Waals surface area (Å²) in [5.41, 5.74) is 1.23. The molecule has 1 aromatic rings. The Morgan fingerprint density at radius 3 is 3.08 bits per heavy atom. The molecule has 0 aliphatic heterocycles. The predicted octanol–water partition coefficient (Wildman–Crippen LogP) is 3.87. The molecule has 1 nitrogen and oxygen atoms in total. The van der Waals surface area contributed by atoms with Gasteiger partial charge in [-0.3, -0.25) is 0 Å². The molecule has 0 atom stereocenters. The van der Waals surface area contributed by atoms with E-state index in [-0.39, 0.29) is 0 Å². The Labute approximate surface area is 96.4 Å². The molecule has 1 rings (SSSR count). The molecule has 13 heavy (non-hydrogen) atoms. The summed E-state index contributed by atoms with van der Waals surface area (Å²) in [4.78, 5) is 4.28. The lowest BCUT2D eigenvalue weighted by Gasteiger charge is -2.04. The summed E-state index contributed by atoms with van der Waals surface area (Å²) in [5.74, 6) is 1.75. The normalized spacial score (nSPS) is 10.4. The van der Waals surface area contributed by atoms with Gasteiger partial charge in [0, 0.05) is 17.8 Å². The van der Waals surface area contributed by atoms with Crippen molar-refractivity contribution in [3.8, 4) is 0 Å². The molecule has 4 heteroatoms. The van der Waals surface area contributed by atoms with E-state index in [4.69, 9.17) is 11.6 Å². The Bertz CT molecular complexity index is 280. The average molecular weight is 281 g/mol. The number of thioether (sulfide) groups is 1. The number of alkyl halides is 1. The van der Waals surface area contributed by atoms with Crippen molar-refractivity contribution >= 4 is 39.3 Å². The molecule has 0 radical (unpaired) electrons. The fourth-order valence-electron chi connectivity index (χ4n) is 0.839. The molecule has 0 aromatic carbocycles. The molecule has 1 heterocycles. The zero-order chi connectivity index (χ0) is 9.68. The monoisotopic (exact) mass is 279 g/mol. The lowest BCUT2D eigenvalue weighted by Crippen LogP contribution is -1.87. The van der Waals surface area contributed by atoms with Gasteiger partial charge in [-0.2, -0.15) is 0 Å². The number of hydrogen-bond acceptors (Lipinski definition) is 2. The fraction of sp³-hybridized carbons (Fsp3) is 0.444. The van der Waals surface area contributed by atoms with Gasteiger partial charge in [0.05, 0.1) is 4.47 Å². The maximum absolute atomic E-state index is 5.59. The highest BCUT2D eigenvalue weighted by atomic mass is 79.9. The Kier molecular flexibility index (Phi) is 5.14. The van der Waals surface area contributed by atoms with Gasteiger partial charge >= 0.3 is 0 Å². The van der Waals surface area contributed by atoms with Crippen LogP contribution in [0.25, 0.3) is 0 Å². The van der Waals surface area contributed by atoms with Crippen LogP contribution in [0, 0.1) is 6.92 Å². The van der Waals surface area contributed by atoms with Crippen LogP contribution in [0.5, 0.6) is 0 Å². The molecule has 0 amide bonds. The largest absolute Gasteiger partial charge is 0.249 e. The molecule has 0 saturated heterocycles. The lowest BCUT2D eigenvalue weighted by molar-refractivity contribution is 1.06. The summed E-state index contributed by atoms with van der Waals surface area (Å²) in [5, 5.41) is 1.06. The summed E-state index contributed by atoms with van der Waals surface area (Å²) < 4.78 is 1.11. The van der Waals surface area contributed by atoms with Crippen LogP contribution in [0.15, 0.2) is 21.8 Å². The van der Waals surface area contributed by atoms with Gasteiger partial charge in [0.1, 0.15) is 5.03 Å². The number of aryl methyl sites for hydroxylation is 1. The minimum Gasteiger partial charge on any atom is -0.249 e. The second kappa shape index (κ2) is 5.89. The summed E-state index contributed by atoms with van der Waals surface area (Å²) >= 11 is 10.9. The van der Waals surface area contributed by atoms with Crippen molar-refractivity contribution in [2.24, 2.45) is 0 Å². The van der Waals surface area contributed by atoms with Crippen LogP contribution in [0.3, 0.4) is 0 Å². The second-order valence-corrected chi connectivity index (χ2v) is 4.89. The summed E-state index contributed by atoms with van der Waals surface area (Å²) in [6.45, 7) is 2.07. The molecule has 0 saturated carbocycles. The van der Waals surface area contributed by atoms with Gasteiger partial charge in [-0.05, 0) is 40.9 Å². The molecule has 0 spiro atoms. The van der Waals surface area contributed by atoms with Crippen molar-refractivity contribution in [1.29, 1.82) is 0 Å². The molecule has 72 valence electrons. The van der Waals surface area contributed by atoms with E-state index in [0.717, 1.165) is 27.6 Å². The first-order chi connectivity index (χ1) is 6.25. The van der Waals surface area contributed by atoms with E-state index in [1.165, 1.54) is 5.56 Å². The molecule has 0 unspecified atom stereocenters. The van der Waals surface area contributed by atoms with E-state index in [0.29, 0.717) is 0 Å². The molecule has 0 aliphatic rings. The van der Waals surface area contributed by atoms with Gasteiger partial charge < -0.3 is 0 Å². The Balaban J connectivity index is 2.61. The van der Waals surface area contributed by atoms with Gasteiger partial charge in [0.2, 0.25) is 0 Å². The van der Waals surface area contributed by atoms with Crippen LogP contribution in [-0.2, 0) is 0 Å². The number of rotatable bonds is 4. The molecular formula is C9H11BrClNS. The maximum Gasteiger partial charge on any atom is 0.110 e. The van der Waals surface area contributed by atoms with Crippen molar-refractivity contribution in [3.05, 3.63) is 22.3 Å². The van der Waals surface area contributed by atoms with Gasteiger partial charge in [-0.15, -0.1) is 23.4 Å². The first kappa shape index (κ1) is 11.3. The van der Waals surface area contributed by atoms with E-state index in [9.17, 15) is 0 Å². The van der Waals surface area contributed by atoms with E-state index in [1.807, 2.05) is 12.3 Å². The number of pyridine rings is 1. The molecule has 1 aromatic heterocycles. The minimum absolute atomic E-state index is 0.719. The molecule has 0 aliphatic carbocycles. The first-order valence-corrected chi connectivity index (χ1v) is 6.37. The Morgan fingerprint density at radius 1 is 1.62 bits per heavy atom. The first-order valence-electron chi connectivity index (χ1n) is 4.05. The zero-order valence-corrected chi connectivity index (χ0v) is 10.5. The number of halogens is 2. The highest BCUT2D eigenvalue weighted by Gasteiger charge is 2.03. The van der Waals surface area contributed by atoms with Crippen molar-refractivity contribution in [2.75, 3.05) is 11.6 Å². The highest BCUT2D eigenvalue weighted by Crippen LogP contribution is 2.28. The van der Waals surface area contributed by atoms with Crippen LogP contribution in [0.1, 0.15) is 12.0 Å². The van der Waals surface area contributed by atoms with Gasteiger partial charge in [-0.25, -0.2) is 4.98 Å². The molecule has 0 N–H and O–H groups in total. The standard InChI is InChI=1S/C9H11BrClNS/c1-7-3-5-12-9(8(7)10)13-6-2-4-11/h3,5H,2,4,6H2,1H3. The summed E-state index contributed by atoms with van der Waals surface area (Å²) in [7, 11) is 0. The average Bonchev–Trinajstić information content (AvgIpc) is 2.13. The zero-order valence-electron chi connectivity index (χ0n) is 7.39. The second-order valence-electron chi connectivity index (χ2n) is 2.64. The number of nitrogens with zero attached hydrogens (tertiary/aromatic N) is 1. The Hall–Kier alpha value is 0.270. The van der Waals surface area contributed by atoms with Gasteiger partial charge in [0.15, 0.2) is 0 Å². The van der Waals surface area contributed by atoms with Crippen LogP contribution in [0.4, 0.5) is 0 Å². The summed E-state index contributed by atoms with van der Waals surface area (Å²) in [6, 6.07) is 2.00. The van der Waals surface area contributed by atoms with Crippen molar-refractivity contribution in [2.45, 2.75) is 18.4 Å². The topological polar surface area (TPSA) is 12.9 Å². The smallest absolute Gasteiger partial charge is 0.110 e. The van der Waals surface area contributed by atoms with Gasteiger partial charge in [0.25, 0.3) is 0 Å². The highest BCUT2D eigenvalue weighted by molar-refractivity contribution is 9.10. The number of aromatic nitrogens is 1. The summed E-state index contributed by atoms with van der Waals surface area (Å²) in [6.07, 6.45) is 2.86. The lowest BCUT2D eigenvalue weighted by atomic mass is 10.3. The molecule has 0 bridgehead atoms. The van der Waals surface area contributed by atoms with E-state index >= 15 is 0 Å². The third kappa shape index (κ3) is 3.49. The molecular weight excluding hydrogens is 270 g/mol. The predicted molar refractivity (Wildman–Crippen MR) is 62.7 cm³/mol. The van der Waals surface area contributed by atoms with Crippen molar-refractivity contribution < 1.29 is 0 Å².